The van der Waals surface area contributed by atoms with Gasteiger partial charge in [0.05, 0.1) is 49.3 Å². The van der Waals surface area contributed by atoms with E-state index in [0.717, 1.165) is 67.0 Å². The number of benzene rings is 1. The third-order valence-corrected chi connectivity index (χ3v) is 14.0. The van der Waals surface area contributed by atoms with Crippen LogP contribution in [0.5, 0.6) is 11.6 Å². The third kappa shape index (κ3) is 7.82. The van der Waals surface area contributed by atoms with Crippen LogP contribution in [0.2, 0.25) is 0 Å². The van der Waals surface area contributed by atoms with Crippen molar-refractivity contribution in [2.45, 2.75) is 108 Å². The molecule has 6 atom stereocenters. The van der Waals surface area contributed by atoms with Crippen LogP contribution in [0.3, 0.4) is 0 Å². The molecular formula is C40H51N3O9S. The number of esters is 1. The zero-order chi connectivity index (χ0) is 37.5. The number of hydrogen-bond acceptors (Lipinski definition) is 10. The average molecular weight is 750 g/mol. The van der Waals surface area contributed by atoms with E-state index in [-0.39, 0.29) is 68.3 Å². The van der Waals surface area contributed by atoms with Gasteiger partial charge in [0.1, 0.15) is 11.9 Å². The lowest BCUT2D eigenvalue weighted by Gasteiger charge is -2.31. The number of carbonyl (C=O) groups excluding carboxylic acids is 4. The second kappa shape index (κ2) is 15.0. The summed E-state index contributed by atoms with van der Waals surface area (Å²) in [6.45, 7) is 6.22. The summed E-state index contributed by atoms with van der Waals surface area (Å²) in [5, 5.41) is 1.08. The molecule has 7 rings (SSSR count). The number of carbonyl (C=O) groups is 4. The summed E-state index contributed by atoms with van der Waals surface area (Å²) in [6.07, 6.45) is 9.68. The van der Waals surface area contributed by atoms with Gasteiger partial charge in [0.25, 0.3) is 0 Å². The molecule has 0 unspecified atom stereocenters. The number of amides is 2. The van der Waals surface area contributed by atoms with E-state index in [0.29, 0.717) is 18.7 Å². The lowest BCUT2D eigenvalue weighted by Crippen LogP contribution is -2.47. The number of hydrogen-bond donors (Lipinski definition) is 1. The monoisotopic (exact) mass is 749 g/mol. The van der Waals surface area contributed by atoms with Crippen molar-refractivity contribution in [3.8, 4) is 11.6 Å². The minimum atomic E-state index is -3.84. The van der Waals surface area contributed by atoms with Crippen LogP contribution in [0, 0.1) is 29.1 Å². The summed E-state index contributed by atoms with van der Waals surface area (Å²) < 4.78 is 45.9. The Balaban J connectivity index is 1.22. The van der Waals surface area contributed by atoms with Gasteiger partial charge in [-0.05, 0) is 98.3 Å². The van der Waals surface area contributed by atoms with Gasteiger partial charge in [-0.3, -0.25) is 23.9 Å². The number of ketones is 1. The Hall–Kier alpha value is -4.00. The first-order chi connectivity index (χ1) is 25.4. The van der Waals surface area contributed by atoms with Gasteiger partial charge in [-0.15, -0.1) is 6.58 Å². The van der Waals surface area contributed by atoms with E-state index >= 15 is 0 Å². The summed E-state index contributed by atoms with van der Waals surface area (Å²) in [4.78, 5) is 62.3. The van der Waals surface area contributed by atoms with Gasteiger partial charge >= 0.3 is 5.97 Å². The Morgan fingerprint density at radius 1 is 1.13 bits per heavy atom. The molecule has 53 heavy (non-hydrogen) atoms. The first-order valence-corrected chi connectivity index (χ1v) is 20.8. The number of cyclic esters (lactones) is 1. The molecule has 3 heterocycles. The summed E-state index contributed by atoms with van der Waals surface area (Å²) in [6, 6.07) is 4.93. The van der Waals surface area contributed by atoms with Crippen LogP contribution in [-0.4, -0.2) is 79.5 Å². The molecule has 4 fully saturated rings. The smallest absolute Gasteiger partial charge is 0.306 e. The van der Waals surface area contributed by atoms with Gasteiger partial charge in [0.15, 0.2) is 5.78 Å². The van der Waals surface area contributed by atoms with Crippen molar-refractivity contribution in [2.75, 3.05) is 20.3 Å². The predicted octanol–water partition coefficient (Wildman–Crippen LogP) is 5.06. The number of ether oxygens (including phenoxy) is 3. The number of rotatable bonds is 9. The van der Waals surface area contributed by atoms with E-state index in [2.05, 4.69) is 16.3 Å². The van der Waals surface area contributed by atoms with Crippen LogP contribution in [0.15, 0.2) is 37.1 Å². The number of sulfonamides is 1. The van der Waals surface area contributed by atoms with Crippen molar-refractivity contribution < 1.29 is 41.8 Å². The summed E-state index contributed by atoms with van der Waals surface area (Å²) in [5.74, 6) is -1.59. The van der Waals surface area contributed by atoms with E-state index in [1.54, 1.807) is 24.3 Å². The number of methoxy groups -OCH3 is 1. The molecule has 4 bridgehead atoms. The number of nitrogens with one attached hydrogen (secondary N) is 1. The van der Waals surface area contributed by atoms with Gasteiger partial charge in [-0.1, -0.05) is 25.8 Å². The highest BCUT2D eigenvalue weighted by Gasteiger charge is 2.61. The van der Waals surface area contributed by atoms with Crippen molar-refractivity contribution >= 4 is 44.4 Å². The van der Waals surface area contributed by atoms with E-state index in [9.17, 15) is 27.6 Å². The topological polar surface area (TPSA) is 158 Å². The van der Waals surface area contributed by atoms with Gasteiger partial charge in [-0.25, -0.2) is 13.4 Å². The quantitative estimate of drug-likeness (QED) is 0.271. The zero-order valence-corrected chi connectivity index (χ0v) is 31.5. The second-order valence-corrected chi connectivity index (χ2v) is 18.0. The molecule has 0 radical (unpaired) electrons. The zero-order valence-electron chi connectivity index (χ0n) is 30.7. The molecule has 5 aliphatic rings. The van der Waals surface area contributed by atoms with Crippen molar-refractivity contribution in [3.05, 3.63) is 42.6 Å². The first kappa shape index (κ1) is 37.3. The maximum Gasteiger partial charge on any atom is 0.306 e. The van der Waals surface area contributed by atoms with Crippen LogP contribution in [0.25, 0.3) is 10.8 Å². The highest BCUT2D eigenvalue weighted by molar-refractivity contribution is 7.90. The Bertz CT molecular complexity index is 1890. The van der Waals surface area contributed by atoms with Crippen molar-refractivity contribution in [1.82, 2.24) is 14.6 Å². The fraction of sp³-hybridized carbons (Fsp3) is 0.625. The molecule has 286 valence electrons. The molecule has 1 aromatic heterocycles. The van der Waals surface area contributed by atoms with Gasteiger partial charge in [0, 0.05) is 24.4 Å². The number of aryl methyl sites for hydroxylation is 1. The number of allylic oxidation sites excluding steroid dienone is 1. The van der Waals surface area contributed by atoms with Crippen LogP contribution < -0.4 is 14.2 Å². The summed E-state index contributed by atoms with van der Waals surface area (Å²) >= 11 is 0. The Morgan fingerprint density at radius 3 is 2.60 bits per heavy atom. The second-order valence-electron chi connectivity index (χ2n) is 16.0. The summed E-state index contributed by atoms with van der Waals surface area (Å²) in [5.41, 5.74) is -0.272. The highest BCUT2D eigenvalue weighted by Crippen LogP contribution is 2.57. The standard InChI is InChI=1S/C40H51N3O9S/c1-4-28-20-40(28,39(47)42-53(48,49)30-12-13-30)21-34(44)33-18-29-22-43(33)38(46)32(25-9-5-6-10-25)19-36(45)51-23-24(2)8-7-11-27-16-31-26(17-35(27)50-3)14-15-41-37(31)52-29/h4,14-17,24-25,28-30,32-33H,1,5-13,18-23H2,2-3H3,(H,42,47)/t24-,28+,29+,32-,33-,40+/m0/s1. The normalized spacial score (nSPS) is 29.9. The van der Waals surface area contributed by atoms with Gasteiger partial charge < -0.3 is 19.1 Å². The van der Waals surface area contributed by atoms with Crippen LogP contribution >= 0.6 is 0 Å². The SMILES string of the molecule is C=C[C@@H]1C[C@]1(CC(=O)[C@@H]1C[C@@H]2CN1C(=O)[C@H](C1CCCC1)CC(=O)OC[C@@H](C)CCCc1cc3c(nccc3cc1OC)O2)C(=O)NS(=O)(=O)C1CC1. The summed E-state index contributed by atoms with van der Waals surface area (Å²) in [7, 11) is -2.20. The number of Topliss-reactive ketones (excluding diaryl/α,β-unsaturated/α-hetero) is 1. The molecule has 1 saturated heterocycles. The maximum absolute atomic E-state index is 14.7. The maximum atomic E-state index is 14.7. The molecule has 3 saturated carbocycles. The molecule has 13 heteroatoms. The van der Waals surface area contributed by atoms with E-state index < -0.39 is 50.6 Å². The van der Waals surface area contributed by atoms with E-state index in [1.807, 2.05) is 25.1 Å². The minimum Gasteiger partial charge on any atom is -0.496 e. The van der Waals surface area contributed by atoms with Gasteiger partial charge in [-0.2, -0.15) is 0 Å². The molecule has 12 nitrogen and oxygen atoms in total. The highest BCUT2D eigenvalue weighted by atomic mass is 32.2. The average Bonchev–Trinajstić information content (AvgIpc) is 4.01. The van der Waals surface area contributed by atoms with Crippen LogP contribution in [-0.2, 0) is 40.4 Å². The number of nitrogens with zero attached hydrogens (tertiary/aromatic N) is 2. The fourth-order valence-electron chi connectivity index (χ4n) is 8.82. The van der Waals surface area contributed by atoms with E-state index in [1.165, 1.54) is 0 Å². The minimum absolute atomic E-state index is 0.0275. The molecule has 1 N–H and O–H groups in total. The van der Waals surface area contributed by atoms with Gasteiger partial charge in [0.2, 0.25) is 27.7 Å². The van der Waals surface area contributed by atoms with Crippen LogP contribution in [0.4, 0.5) is 0 Å². The van der Waals surface area contributed by atoms with E-state index in [4.69, 9.17) is 14.2 Å². The number of aromatic nitrogens is 1. The predicted molar refractivity (Wildman–Crippen MR) is 196 cm³/mol. The molecular weight excluding hydrogens is 699 g/mol. The first-order valence-electron chi connectivity index (χ1n) is 19.2. The number of fused-ring (bicyclic) bond motifs is 3. The van der Waals surface area contributed by atoms with Crippen molar-refractivity contribution in [1.29, 1.82) is 0 Å². The molecule has 0 spiro atoms. The third-order valence-electron chi connectivity index (χ3n) is 12.2. The van der Waals surface area contributed by atoms with Crippen molar-refractivity contribution in [3.63, 3.8) is 0 Å². The molecule has 2 aliphatic heterocycles. The molecule has 3 aliphatic carbocycles. The van der Waals surface area contributed by atoms with Crippen LogP contribution in [0.1, 0.15) is 89.5 Å². The Labute approximate surface area is 311 Å². The van der Waals surface area contributed by atoms with Crippen molar-refractivity contribution in [2.24, 2.45) is 29.1 Å². The molecule has 2 aromatic rings. The largest absolute Gasteiger partial charge is 0.496 e. The fourth-order valence-corrected chi connectivity index (χ4v) is 10.2. The lowest BCUT2D eigenvalue weighted by atomic mass is 9.86. The molecule has 1 aromatic carbocycles. The number of pyridine rings is 1. The Kier molecular flexibility index (Phi) is 10.6. The molecule has 2 amide bonds. The Morgan fingerprint density at radius 2 is 1.91 bits per heavy atom. The lowest BCUT2D eigenvalue weighted by molar-refractivity contribution is -0.152.